The third-order valence-corrected chi connectivity index (χ3v) is 2.61. The van der Waals surface area contributed by atoms with Crippen LogP contribution in [-0.2, 0) is 4.79 Å². The lowest BCUT2D eigenvalue weighted by molar-refractivity contribution is 0.550. The van der Waals surface area contributed by atoms with Crippen molar-refractivity contribution in [2.75, 3.05) is 11.5 Å². The summed E-state index contributed by atoms with van der Waals surface area (Å²) in [4.78, 5) is 9.81. The Labute approximate surface area is 73.9 Å². The normalized spacial score (nSPS) is 9.91. The van der Waals surface area contributed by atoms with Crippen molar-refractivity contribution in [3.8, 4) is 0 Å². The lowest BCUT2D eigenvalue weighted by atomic mass is 10.3. The number of thioether (sulfide) groups is 1. The second-order valence-electron chi connectivity index (χ2n) is 2.57. The molecular weight excluding hydrogens is 156 g/mol. The van der Waals surface area contributed by atoms with Crippen LogP contribution in [0.4, 0.5) is 0 Å². The third kappa shape index (κ3) is 10.0. The first-order valence-corrected chi connectivity index (χ1v) is 5.50. The molecule has 0 rings (SSSR count). The van der Waals surface area contributed by atoms with Crippen molar-refractivity contribution in [1.29, 1.82) is 0 Å². The Balaban J connectivity index is 2.74. The molecule has 0 aliphatic carbocycles. The van der Waals surface area contributed by atoms with Crippen LogP contribution in [0.15, 0.2) is 0 Å². The molecule has 0 heterocycles. The van der Waals surface area contributed by atoms with Crippen LogP contribution in [0.25, 0.3) is 0 Å². The summed E-state index contributed by atoms with van der Waals surface area (Å²) in [7, 11) is 0. The molecule has 0 spiro atoms. The minimum absolute atomic E-state index is 0.612. The van der Waals surface area contributed by atoms with Gasteiger partial charge >= 0.3 is 0 Å². The molecule has 0 aliphatic heterocycles. The van der Waals surface area contributed by atoms with Crippen LogP contribution in [0.5, 0.6) is 0 Å². The van der Waals surface area contributed by atoms with Crippen LogP contribution >= 0.6 is 11.8 Å². The van der Waals surface area contributed by atoms with Crippen LogP contribution in [-0.4, -0.2) is 17.8 Å². The largest absolute Gasteiger partial charge is 0.291 e. The Morgan fingerprint density at radius 2 is 1.91 bits per heavy atom. The first kappa shape index (κ1) is 11.0. The molecule has 0 aromatic carbocycles. The topological polar surface area (TPSA) is 17.1 Å². The zero-order valence-electron chi connectivity index (χ0n) is 7.27. The third-order valence-electron chi connectivity index (χ3n) is 1.46. The van der Waals surface area contributed by atoms with Gasteiger partial charge in [0, 0.05) is 6.42 Å². The Kier molecular flexibility index (Phi) is 10.0. The summed E-state index contributed by atoms with van der Waals surface area (Å²) in [5.41, 5.74) is 0. The first-order valence-electron chi connectivity index (χ1n) is 4.34. The van der Waals surface area contributed by atoms with Gasteiger partial charge in [-0.15, -0.1) is 0 Å². The lowest BCUT2D eigenvalue weighted by Gasteiger charge is -1.97. The molecule has 0 aromatic rings. The van der Waals surface area contributed by atoms with Gasteiger partial charge in [-0.3, -0.25) is 4.79 Å². The van der Waals surface area contributed by atoms with Crippen LogP contribution < -0.4 is 0 Å². The molecule has 0 amide bonds. The molecule has 0 aromatic heterocycles. The zero-order chi connectivity index (χ0) is 8.36. The van der Waals surface area contributed by atoms with Crippen molar-refractivity contribution in [2.45, 2.75) is 39.0 Å². The molecule has 0 saturated heterocycles. The van der Waals surface area contributed by atoms with Gasteiger partial charge in [0.05, 0.1) is 0 Å². The molecule has 1 radical (unpaired) electrons. The number of unbranched alkanes of at least 4 members (excludes halogenated alkanes) is 3. The summed E-state index contributed by atoms with van der Waals surface area (Å²) in [5, 5.41) is 0. The van der Waals surface area contributed by atoms with Crippen molar-refractivity contribution in [3.05, 3.63) is 0 Å². The molecule has 65 valence electrons. The summed E-state index contributed by atoms with van der Waals surface area (Å²) >= 11 is 1.95. The van der Waals surface area contributed by atoms with Crippen LogP contribution in [0.3, 0.4) is 0 Å². The van der Waals surface area contributed by atoms with Crippen molar-refractivity contribution >= 4 is 18.0 Å². The van der Waals surface area contributed by atoms with Crippen molar-refractivity contribution in [3.63, 3.8) is 0 Å². The highest BCUT2D eigenvalue weighted by atomic mass is 32.2. The van der Waals surface area contributed by atoms with E-state index < -0.39 is 0 Å². The second kappa shape index (κ2) is 10.0. The van der Waals surface area contributed by atoms with Gasteiger partial charge < -0.3 is 0 Å². The Morgan fingerprint density at radius 1 is 1.18 bits per heavy atom. The van der Waals surface area contributed by atoms with Crippen LogP contribution in [0, 0.1) is 0 Å². The number of hydrogen-bond donors (Lipinski definition) is 0. The van der Waals surface area contributed by atoms with Gasteiger partial charge in [-0.2, -0.15) is 11.8 Å². The lowest BCUT2D eigenvalue weighted by Crippen LogP contribution is -1.84. The van der Waals surface area contributed by atoms with Gasteiger partial charge in [-0.25, -0.2) is 0 Å². The van der Waals surface area contributed by atoms with E-state index in [9.17, 15) is 4.79 Å². The molecule has 11 heavy (non-hydrogen) atoms. The molecule has 0 atom stereocenters. The van der Waals surface area contributed by atoms with Crippen LogP contribution in [0.2, 0.25) is 0 Å². The highest BCUT2D eigenvalue weighted by molar-refractivity contribution is 7.99. The van der Waals surface area contributed by atoms with E-state index in [-0.39, 0.29) is 0 Å². The molecule has 0 fully saturated rings. The fraction of sp³-hybridized carbons (Fsp3) is 0.889. The molecule has 0 saturated carbocycles. The summed E-state index contributed by atoms with van der Waals surface area (Å²) in [6.07, 6.45) is 7.48. The number of carbonyl (C=O) groups excluding carboxylic acids is 1. The Hall–Kier alpha value is 0.0200. The van der Waals surface area contributed by atoms with Gasteiger partial charge in [0.25, 0.3) is 0 Å². The molecule has 1 nitrogen and oxygen atoms in total. The maximum absolute atomic E-state index is 9.81. The van der Waals surface area contributed by atoms with Gasteiger partial charge in [0.15, 0.2) is 6.29 Å². The minimum atomic E-state index is 0.612. The number of hydrogen-bond acceptors (Lipinski definition) is 2. The molecule has 0 bridgehead atoms. The highest BCUT2D eigenvalue weighted by Crippen LogP contribution is 2.07. The predicted molar refractivity (Wildman–Crippen MR) is 51.8 cm³/mol. The molecule has 0 aliphatic rings. The maximum Gasteiger partial charge on any atom is 0.198 e. The smallest absolute Gasteiger partial charge is 0.198 e. The van der Waals surface area contributed by atoms with Gasteiger partial charge in [-0.1, -0.05) is 19.8 Å². The standard InChI is InChI=1S/C9H17OS/c1-2-3-5-8-11-9-6-4-7-10/h2-6,8-9H2,1H3. The minimum Gasteiger partial charge on any atom is -0.291 e. The molecular formula is C9H17OS. The monoisotopic (exact) mass is 173 g/mol. The predicted octanol–water partition coefficient (Wildman–Crippen LogP) is 2.80. The molecule has 2 heteroatoms. The quantitative estimate of drug-likeness (QED) is 0.525. The fourth-order valence-electron chi connectivity index (χ4n) is 0.803. The van der Waals surface area contributed by atoms with E-state index in [1.54, 1.807) is 0 Å². The first-order chi connectivity index (χ1) is 5.41. The highest BCUT2D eigenvalue weighted by Gasteiger charge is 1.89. The average molecular weight is 173 g/mol. The molecule has 0 unspecified atom stereocenters. The second-order valence-corrected chi connectivity index (χ2v) is 3.79. The van der Waals surface area contributed by atoms with Crippen molar-refractivity contribution in [2.24, 2.45) is 0 Å². The van der Waals surface area contributed by atoms with E-state index in [1.807, 2.05) is 18.0 Å². The van der Waals surface area contributed by atoms with Crippen molar-refractivity contribution in [1.82, 2.24) is 0 Å². The van der Waals surface area contributed by atoms with E-state index in [4.69, 9.17) is 0 Å². The van der Waals surface area contributed by atoms with Crippen molar-refractivity contribution < 1.29 is 4.79 Å². The van der Waals surface area contributed by atoms with Gasteiger partial charge in [0.2, 0.25) is 0 Å². The Bertz CT molecular complexity index is 83.6. The van der Waals surface area contributed by atoms with E-state index in [0.717, 1.165) is 12.2 Å². The fourth-order valence-corrected chi connectivity index (χ4v) is 1.76. The van der Waals surface area contributed by atoms with Gasteiger partial charge in [-0.05, 0) is 24.3 Å². The van der Waals surface area contributed by atoms with E-state index >= 15 is 0 Å². The van der Waals surface area contributed by atoms with Gasteiger partial charge in [0.1, 0.15) is 0 Å². The summed E-state index contributed by atoms with van der Waals surface area (Å²) in [5.74, 6) is 2.38. The summed E-state index contributed by atoms with van der Waals surface area (Å²) in [6.45, 7) is 2.21. The Morgan fingerprint density at radius 3 is 2.55 bits per heavy atom. The van der Waals surface area contributed by atoms with Crippen LogP contribution in [0.1, 0.15) is 39.0 Å². The van der Waals surface area contributed by atoms with E-state index in [0.29, 0.717) is 6.42 Å². The molecule has 0 N–H and O–H groups in total. The SMILES string of the molecule is CCCCCSCCC[C]=O. The summed E-state index contributed by atoms with van der Waals surface area (Å²) in [6, 6.07) is 0. The van der Waals surface area contributed by atoms with E-state index in [2.05, 4.69) is 6.92 Å². The zero-order valence-corrected chi connectivity index (χ0v) is 8.08. The summed E-state index contributed by atoms with van der Waals surface area (Å²) < 4.78 is 0. The maximum atomic E-state index is 9.81. The number of rotatable bonds is 8. The van der Waals surface area contributed by atoms with E-state index in [1.165, 1.54) is 25.0 Å². The average Bonchev–Trinajstić information content (AvgIpc) is 2.03.